The molecule has 0 aliphatic carbocycles. The van der Waals surface area contributed by atoms with Crippen molar-refractivity contribution in [1.29, 1.82) is 0 Å². The highest BCUT2D eigenvalue weighted by Gasteiger charge is 1.86. The highest BCUT2D eigenvalue weighted by Crippen LogP contribution is 2.07. The average molecular weight is 229 g/mol. The van der Waals surface area contributed by atoms with E-state index >= 15 is 0 Å². The number of primary amides is 1. The van der Waals surface area contributed by atoms with E-state index in [1.54, 1.807) is 0 Å². The Morgan fingerprint density at radius 3 is 2.20 bits per heavy atom. The zero-order chi connectivity index (χ0) is 11.7. The first-order chi connectivity index (χ1) is 7.10. The van der Waals surface area contributed by atoms with Crippen LogP contribution >= 0.6 is 11.6 Å². The Kier molecular flexibility index (Phi) is 7.46. The fourth-order valence-corrected chi connectivity index (χ4v) is 0.876. The number of hydrogen-bond acceptors (Lipinski definition) is 2. The maximum absolute atomic E-state index is 9.46. The number of nitrogens with two attached hydrogens (primary N) is 1. The number of amides is 1. The molecule has 1 aromatic rings. The highest BCUT2D eigenvalue weighted by atomic mass is 35.5. The van der Waals surface area contributed by atoms with Crippen molar-refractivity contribution in [2.24, 2.45) is 5.73 Å². The molecule has 0 aromatic heterocycles. The van der Waals surface area contributed by atoms with Crippen LogP contribution in [-0.4, -0.2) is 18.3 Å². The highest BCUT2D eigenvalue weighted by molar-refractivity contribution is 6.27. The molecule has 1 aromatic carbocycles. The van der Waals surface area contributed by atoms with Gasteiger partial charge in [-0.2, -0.15) is 0 Å². The van der Waals surface area contributed by atoms with Gasteiger partial charge in [0.05, 0.1) is 0 Å². The summed E-state index contributed by atoms with van der Waals surface area (Å²) < 4.78 is 0. The van der Waals surface area contributed by atoms with E-state index in [9.17, 15) is 4.79 Å². The van der Waals surface area contributed by atoms with Crippen LogP contribution in [0.15, 0.2) is 24.3 Å². The maximum atomic E-state index is 9.46. The lowest BCUT2D eigenvalue weighted by atomic mass is 10.2. The Bertz CT molecular complexity index is 285. The molecule has 3 N–H and O–H groups in total. The van der Waals surface area contributed by atoms with E-state index < -0.39 is 5.91 Å². The first-order valence-electron chi connectivity index (χ1n) is 4.75. The molecule has 0 aliphatic rings. The number of benzene rings is 1. The van der Waals surface area contributed by atoms with Crippen LogP contribution in [0.25, 0.3) is 0 Å². The van der Waals surface area contributed by atoms with Crippen LogP contribution in [0.1, 0.15) is 12.5 Å². The minimum Gasteiger partial charge on any atom is -0.385 e. The zero-order valence-corrected chi connectivity index (χ0v) is 9.84. The lowest BCUT2D eigenvalue weighted by Crippen LogP contribution is -2.10. The van der Waals surface area contributed by atoms with Crippen molar-refractivity contribution in [2.75, 3.05) is 17.7 Å². The third kappa shape index (κ3) is 7.82. The van der Waals surface area contributed by atoms with E-state index in [0.717, 1.165) is 6.54 Å². The molecule has 0 unspecified atom stereocenters. The van der Waals surface area contributed by atoms with Crippen molar-refractivity contribution in [3.05, 3.63) is 29.8 Å². The molecule has 0 heterocycles. The molecule has 0 radical (unpaired) electrons. The quantitative estimate of drug-likeness (QED) is 0.779. The number of hydrogen-bond donors (Lipinski definition) is 2. The Balaban J connectivity index is 0.000000336. The third-order valence-electron chi connectivity index (χ3n) is 1.56. The van der Waals surface area contributed by atoms with Gasteiger partial charge in [-0.15, -0.1) is 11.6 Å². The number of carbonyl (C=O) groups is 1. The molecule has 0 spiro atoms. The molecule has 0 bridgehead atoms. The van der Waals surface area contributed by atoms with Crippen LogP contribution in [0, 0.1) is 6.92 Å². The van der Waals surface area contributed by atoms with Gasteiger partial charge in [-0.1, -0.05) is 17.7 Å². The van der Waals surface area contributed by atoms with Gasteiger partial charge >= 0.3 is 0 Å². The molecule has 15 heavy (non-hydrogen) atoms. The summed E-state index contributed by atoms with van der Waals surface area (Å²) in [6.07, 6.45) is 0. The first kappa shape index (κ1) is 13.8. The minimum atomic E-state index is -0.480. The summed E-state index contributed by atoms with van der Waals surface area (Å²) in [5.74, 6) is -0.563. The van der Waals surface area contributed by atoms with Crippen molar-refractivity contribution < 1.29 is 4.79 Å². The lowest BCUT2D eigenvalue weighted by molar-refractivity contribution is -0.115. The molecule has 84 valence electrons. The van der Waals surface area contributed by atoms with Gasteiger partial charge in [-0.25, -0.2) is 0 Å². The van der Waals surface area contributed by atoms with E-state index in [1.807, 2.05) is 0 Å². The van der Waals surface area contributed by atoms with Crippen LogP contribution in [0.3, 0.4) is 0 Å². The number of anilines is 1. The lowest BCUT2D eigenvalue weighted by Gasteiger charge is -2.01. The molecule has 0 saturated heterocycles. The van der Waals surface area contributed by atoms with Gasteiger partial charge < -0.3 is 11.1 Å². The smallest absolute Gasteiger partial charge is 0.232 e. The molecule has 3 nitrogen and oxygen atoms in total. The van der Waals surface area contributed by atoms with Crippen LogP contribution in [0.5, 0.6) is 0 Å². The number of nitrogens with one attached hydrogen (secondary N) is 1. The number of alkyl halides is 1. The van der Waals surface area contributed by atoms with Gasteiger partial charge in [0.1, 0.15) is 5.88 Å². The van der Waals surface area contributed by atoms with Gasteiger partial charge in [0.15, 0.2) is 0 Å². The van der Waals surface area contributed by atoms with E-state index in [2.05, 4.69) is 49.2 Å². The molecule has 4 heteroatoms. The largest absolute Gasteiger partial charge is 0.385 e. The number of aryl methyl sites for hydroxylation is 1. The van der Waals surface area contributed by atoms with Gasteiger partial charge in [-0.05, 0) is 26.0 Å². The second-order valence-corrected chi connectivity index (χ2v) is 3.26. The van der Waals surface area contributed by atoms with Gasteiger partial charge in [0, 0.05) is 12.2 Å². The van der Waals surface area contributed by atoms with Crippen LogP contribution < -0.4 is 11.1 Å². The molecule has 0 atom stereocenters. The molecule has 0 aliphatic heterocycles. The zero-order valence-electron chi connectivity index (χ0n) is 9.09. The van der Waals surface area contributed by atoms with Gasteiger partial charge in [-0.3, -0.25) is 4.79 Å². The summed E-state index contributed by atoms with van der Waals surface area (Å²) in [6, 6.07) is 8.41. The summed E-state index contributed by atoms with van der Waals surface area (Å²) >= 11 is 4.86. The van der Waals surface area contributed by atoms with Crippen molar-refractivity contribution in [1.82, 2.24) is 0 Å². The Labute approximate surface area is 95.6 Å². The summed E-state index contributed by atoms with van der Waals surface area (Å²) in [5, 5.41) is 3.23. The number of halogens is 1. The predicted octanol–water partition coefficient (Wildman–Crippen LogP) is 2.14. The van der Waals surface area contributed by atoms with Crippen molar-refractivity contribution >= 4 is 23.2 Å². The fraction of sp³-hybridized carbons (Fsp3) is 0.364. The Hall–Kier alpha value is -1.22. The van der Waals surface area contributed by atoms with Crippen LogP contribution in [0.2, 0.25) is 0 Å². The van der Waals surface area contributed by atoms with E-state index in [0.29, 0.717) is 0 Å². The first-order valence-corrected chi connectivity index (χ1v) is 5.28. The number of carbonyl (C=O) groups excluding carboxylic acids is 1. The fourth-order valence-electron chi connectivity index (χ4n) is 0.876. The monoisotopic (exact) mass is 228 g/mol. The van der Waals surface area contributed by atoms with Crippen molar-refractivity contribution in [2.45, 2.75) is 13.8 Å². The average Bonchev–Trinajstić information content (AvgIpc) is 2.23. The van der Waals surface area contributed by atoms with Crippen LogP contribution in [0.4, 0.5) is 5.69 Å². The molecular weight excluding hydrogens is 212 g/mol. The second kappa shape index (κ2) is 8.12. The normalized spacial score (nSPS) is 8.73. The van der Waals surface area contributed by atoms with Crippen LogP contribution in [-0.2, 0) is 4.79 Å². The van der Waals surface area contributed by atoms with Crippen molar-refractivity contribution in [3.63, 3.8) is 0 Å². The Morgan fingerprint density at radius 1 is 1.40 bits per heavy atom. The van der Waals surface area contributed by atoms with E-state index in [4.69, 9.17) is 11.6 Å². The van der Waals surface area contributed by atoms with E-state index in [-0.39, 0.29) is 5.88 Å². The minimum absolute atomic E-state index is 0.0833. The molecule has 1 rings (SSSR count). The summed E-state index contributed by atoms with van der Waals surface area (Å²) in [7, 11) is 0. The SMILES string of the molecule is CCNc1ccc(C)cc1.NC(=O)CCl. The summed E-state index contributed by atoms with van der Waals surface area (Å²) in [4.78, 5) is 9.46. The topological polar surface area (TPSA) is 55.1 Å². The molecule has 1 amide bonds. The summed E-state index contributed by atoms with van der Waals surface area (Å²) in [6.45, 7) is 5.18. The van der Waals surface area contributed by atoms with Gasteiger partial charge in [0.25, 0.3) is 0 Å². The molecular formula is C11H17ClN2O. The Morgan fingerprint density at radius 2 is 1.87 bits per heavy atom. The predicted molar refractivity (Wildman–Crippen MR) is 65.3 cm³/mol. The van der Waals surface area contributed by atoms with Crippen molar-refractivity contribution in [3.8, 4) is 0 Å². The number of rotatable bonds is 3. The molecule has 0 saturated carbocycles. The standard InChI is InChI=1S/C9H13N.C2H4ClNO/c1-3-10-9-6-4-8(2)5-7-9;3-1-2(4)5/h4-7,10H,3H2,1-2H3;1H2,(H2,4,5). The summed E-state index contributed by atoms with van der Waals surface area (Å²) in [5.41, 5.74) is 7.03. The maximum Gasteiger partial charge on any atom is 0.232 e. The second-order valence-electron chi connectivity index (χ2n) is 3.00. The van der Waals surface area contributed by atoms with Gasteiger partial charge in [0.2, 0.25) is 5.91 Å². The third-order valence-corrected chi connectivity index (χ3v) is 1.83. The van der Waals surface area contributed by atoms with E-state index in [1.165, 1.54) is 11.3 Å². The molecule has 0 fully saturated rings.